The van der Waals surface area contributed by atoms with Crippen molar-refractivity contribution < 1.29 is 4.74 Å². The number of pyridine rings is 1. The van der Waals surface area contributed by atoms with Crippen LogP contribution in [0.3, 0.4) is 0 Å². The van der Waals surface area contributed by atoms with Gasteiger partial charge < -0.3 is 4.74 Å². The van der Waals surface area contributed by atoms with Crippen LogP contribution < -0.4 is 4.74 Å². The quantitative estimate of drug-likeness (QED) is 0.785. The highest BCUT2D eigenvalue weighted by atomic mass is 79.9. The number of alkyl halides is 1. The highest BCUT2D eigenvalue weighted by Crippen LogP contribution is 2.49. The molecule has 1 aliphatic rings. The Labute approximate surface area is 99.2 Å². The van der Waals surface area contributed by atoms with Gasteiger partial charge in [-0.15, -0.1) is 0 Å². The van der Waals surface area contributed by atoms with Crippen LogP contribution in [0.25, 0.3) is 0 Å². The molecule has 0 N–H and O–H groups in total. The third-order valence-electron chi connectivity index (χ3n) is 3.55. The molecule has 3 heteroatoms. The van der Waals surface area contributed by atoms with Gasteiger partial charge in [-0.05, 0) is 25.0 Å². The number of aromatic nitrogens is 1. The standard InChI is InChI=1S/C12H16BrNO/c1-3-12(2)10(13)7-11(12)15-9-5-4-6-14-8-9/h4-6,8,10-11H,3,7H2,1-2H3. The summed E-state index contributed by atoms with van der Waals surface area (Å²) in [7, 11) is 0. The molecular weight excluding hydrogens is 254 g/mol. The van der Waals surface area contributed by atoms with Crippen molar-refractivity contribution in [1.82, 2.24) is 4.98 Å². The molecule has 0 saturated heterocycles. The summed E-state index contributed by atoms with van der Waals surface area (Å²) in [6.07, 6.45) is 6.07. The number of hydrogen-bond donors (Lipinski definition) is 0. The van der Waals surface area contributed by atoms with Crippen LogP contribution in [0, 0.1) is 5.41 Å². The van der Waals surface area contributed by atoms with Crippen LogP contribution in [-0.4, -0.2) is 15.9 Å². The summed E-state index contributed by atoms with van der Waals surface area (Å²) in [4.78, 5) is 4.63. The highest BCUT2D eigenvalue weighted by molar-refractivity contribution is 9.09. The van der Waals surface area contributed by atoms with Crippen molar-refractivity contribution in [2.75, 3.05) is 0 Å². The lowest BCUT2D eigenvalue weighted by molar-refractivity contribution is -0.0245. The first-order valence-corrected chi connectivity index (χ1v) is 6.29. The Morgan fingerprint density at radius 2 is 2.47 bits per heavy atom. The van der Waals surface area contributed by atoms with Gasteiger partial charge in [-0.1, -0.05) is 29.8 Å². The third-order valence-corrected chi connectivity index (χ3v) is 4.97. The van der Waals surface area contributed by atoms with Gasteiger partial charge in [0.1, 0.15) is 11.9 Å². The summed E-state index contributed by atoms with van der Waals surface area (Å²) in [6.45, 7) is 4.49. The molecule has 1 aliphatic carbocycles. The minimum Gasteiger partial charge on any atom is -0.488 e. The van der Waals surface area contributed by atoms with Crippen LogP contribution in [0.5, 0.6) is 5.75 Å². The average Bonchev–Trinajstić information content (AvgIpc) is 2.29. The van der Waals surface area contributed by atoms with Crippen LogP contribution in [-0.2, 0) is 0 Å². The first-order chi connectivity index (χ1) is 7.16. The van der Waals surface area contributed by atoms with Crippen molar-refractivity contribution in [2.24, 2.45) is 5.41 Å². The van der Waals surface area contributed by atoms with Gasteiger partial charge in [-0.2, -0.15) is 0 Å². The second kappa shape index (κ2) is 4.12. The molecule has 1 aromatic rings. The zero-order valence-electron chi connectivity index (χ0n) is 9.11. The largest absolute Gasteiger partial charge is 0.488 e. The van der Waals surface area contributed by atoms with Crippen LogP contribution in [0.15, 0.2) is 24.5 Å². The average molecular weight is 270 g/mol. The first kappa shape index (κ1) is 10.9. The van der Waals surface area contributed by atoms with Gasteiger partial charge in [0.15, 0.2) is 0 Å². The molecule has 0 aromatic carbocycles. The smallest absolute Gasteiger partial charge is 0.138 e. The molecule has 0 spiro atoms. The molecule has 2 rings (SSSR count). The van der Waals surface area contributed by atoms with E-state index in [9.17, 15) is 0 Å². The lowest BCUT2D eigenvalue weighted by atomic mass is 9.65. The van der Waals surface area contributed by atoms with Crippen LogP contribution in [0.4, 0.5) is 0 Å². The molecule has 0 radical (unpaired) electrons. The SMILES string of the molecule is CCC1(C)C(Br)CC1Oc1cccnc1. The topological polar surface area (TPSA) is 22.1 Å². The second-order valence-electron chi connectivity index (χ2n) is 4.36. The van der Waals surface area contributed by atoms with Crippen molar-refractivity contribution in [2.45, 2.75) is 37.6 Å². The summed E-state index contributed by atoms with van der Waals surface area (Å²) in [5.74, 6) is 0.876. The molecule has 82 valence electrons. The Bertz CT molecular complexity index is 330. The minimum atomic E-state index is 0.260. The Kier molecular flexibility index (Phi) is 3.01. The van der Waals surface area contributed by atoms with Gasteiger partial charge in [0.2, 0.25) is 0 Å². The third kappa shape index (κ3) is 1.89. The molecule has 0 amide bonds. The fourth-order valence-electron chi connectivity index (χ4n) is 1.98. The van der Waals surface area contributed by atoms with Crippen LogP contribution in [0.2, 0.25) is 0 Å². The van der Waals surface area contributed by atoms with E-state index in [4.69, 9.17) is 4.74 Å². The van der Waals surface area contributed by atoms with Crippen molar-refractivity contribution in [1.29, 1.82) is 0 Å². The van der Waals surface area contributed by atoms with Crippen molar-refractivity contribution >= 4 is 15.9 Å². The molecule has 3 atom stereocenters. The molecule has 3 unspecified atom stereocenters. The van der Waals surface area contributed by atoms with E-state index in [0.29, 0.717) is 10.9 Å². The fraction of sp³-hybridized carbons (Fsp3) is 0.583. The Hall–Kier alpha value is -0.570. The Morgan fingerprint density at radius 3 is 3.00 bits per heavy atom. The number of halogens is 1. The van der Waals surface area contributed by atoms with E-state index in [1.54, 1.807) is 12.4 Å². The predicted octanol–water partition coefficient (Wildman–Crippen LogP) is 3.41. The number of ether oxygens (including phenoxy) is 1. The molecule has 1 heterocycles. The minimum absolute atomic E-state index is 0.260. The van der Waals surface area contributed by atoms with E-state index in [0.717, 1.165) is 18.6 Å². The van der Waals surface area contributed by atoms with Crippen molar-refractivity contribution in [3.63, 3.8) is 0 Å². The summed E-state index contributed by atoms with van der Waals surface area (Å²) < 4.78 is 5.93. The van der Waals surface area contributed by atoms with E-state index in [1.165, 1.54) is 0 Å². The molecule has 0 bridgehead atoms. The van der Waals surface area contributed by atoms with Gasteiger partial charge in [0.05, 0.1) is 6.20 Å². The number of hydrogen-bond acceptors (Lipinski definition) is 2. The van der Waals surface area contributed by atoms with Crippen LogP contribution >= 0.6 is 15.9 Å². The van der Waals surface area contributed by atoms with Gasteiger partial charge in [-0.3, -0.25) is 4.98 Å². The molecule has 15 heavy (non-hydrogen) atoms. The summed E-state index contributed by atoms with van der Waals surface area (Å²) in [6, 6.07) is 3.87. The van der Waals surface area contributed by atoms with E-state index < -0.39 is 0 Å². The Balaban J connectivity index is 2.03. The number of nitrogens with zero attached hydrogens (tertiary/aromatic N) is 1. The summed E-state index contributed by atoms with van der Waals surface area (Å²) in [5, 5.41) is 0. The lowest BCUT2D eigenvalue weighted by Gasteiger charge is -2.50. The molecule has 1 fully saturated rings. The lowest BCUT2D eigenvalue weighted by Crippen LogP contribution is -2.54. The molecule has 1 aromatic heterocycles. The number of rotatable bonds is 3. The van der Waals surface area contributed by atoms with Gasteiger partial charge in [-0.25, -0.2) is 0 Å². The van der Waals surface area contributed by atoms with Gasteiger partial charge in [0, 0.05) is 16.4 Å². The summed E-state index contributed by atoms with van der Waals surface area (Å²) >= 11 is 3.70. The van der Waals surface area contributed by atoms with Crippen LogP contribution in [0.1, 0.15) is 26.7 Å². The predicted molar refractivity (Wildman–Crippen MR) is 64.4 cm³/mol. The first-order valence-electron chi connectivity index (χ1n) is 5.37. The second-order valence-corrected chi connectivity index (χ2v) is 5.46. The maximum absolute atomic E-state index is 5.93. The maximum Gasteiger partial charge on any atom is 0.138 e. The van der Waals surface area contributed by atoms with Crippen molar-refractivity contribution in [3.05, 3.63) is 24.5 Å². The molecule has 2 nitrogen and oxygen atoms in total. The van der Waals surface area contributed by atoms with Gasteiger partial charge in [0.25, 0.3) is 0 Å². The fourth-order valence-corrected chi connectivity index (χ4v) is 2.94. The van der Waals surface area contributed by atoms with E-state index in [-0.39, 0.29) is 5.41 Å². The van der Waals surface area contributed by atoms with Crippen molar-refractivity contribution in [3.8, 4) is 5.75 Å². The van der Waals surface area contributed by atoms with E-state index in [2.05, 4.69) is 34.8 Å². The van der Waals surface area contributed by atoms with E-state index in [1.807, 2.05) is 12.1 Å². The van der Waals surface area contributed by atoms with E-state index >= 15 is 0 Å². The summed E-state index contributed by atoms with van der Waals surface area (Å²) in [5.41, 5.74) is 0.260. The molecule has 0 aliphatic heterocycles. The Morgan fingerprint density at radius 1 is 1.67 bits per heavy atom. The molecule has 1 saturated carbocycles. The van der Waals surface area contributed by atoms with Gasteiger partial charge >= 0.3 is 0 Å². The highest BCUT2D eigenvalue weighted by Gasteiger charge is 2.50. The zero-order chi connectivity index (χ0) is 10.9. The monoisotopic (exact) mass is 269 g/mol. The molecular formula is C12H16BrNO. The zero-order valence-corrected chi connectivity index (χ0v) is 10.7. The normalized spacial score (nSPS) is 34.6. The maximum atomic E-state index is 5.93.